The van der Waals surface area contributed by atoms with Gasteiger partial charge in [0.25, 0.3) is 0 Å². The quantitative estimate of drug-likeness (QED) is 0.675. The molecule has 0 atom stereocenters. The van der Waals surface area contributed by atoms with Crippen LogP contribution in [0, 0.1) is 0 Å². The Morgan fingerprint density at radius 1 is 1.22 bits per heavy atom. The molecule has 3 heterocycles. The Bertz CT molecular complexity index is 925. The fraction of sp³-hybridized carbons (Fsp3) is 0.158. The predicted molar refractivity (Wildman–Crippen MR) is 93.4 cm³/mol. The van der Waals surface area contributed by atoms with E-state index >= 15 is 0 Å². The van der Waals surface area contributed by atoms with E-state index in [9.17, 15) is 4.79 Å². The Morgan fingerprint density at radius 2 is 2.04 bits per heavy atom. The number of fused-ring (bicyclic) bond motifs is 1. The maximum Gasteiger partial charge on any atom is 0.176 e. The van der Waals surface area contributed by atoms with Gasteiger partial charge in [-0.2, -0.15) is 0 Å². The average molecular weight is 305 g/mol. The minimum atomic E-state index is 0.0483. The molecular weight excluding hydrogens is 286 g/mol. The number of imidazole rings is 1. The molecule has 0 fully saturated rings. The van der Waals surface area contributed by atoms with Crippen LogP contribution in [0.4, 0.5) is 0 Å². The highest BCUT2D eigenvalue weighted by Gasteiger charge is 2.16. The predicted octanol–water partition coefficient (Wildman–Crippen LogP) is 4.28. The minimum Gasteiger partial charge on any atom is -0.313 e. The largest absolute Gasteiger partial charge is 0.313 e. The molecule has 0 N–H and O–H groups in total. The Labute approximate surface area is 135 Å². The number of aromatic nitrogens is 3. The van der Waals surface area contributed by atoms with E-state index < -0.39 is 0 Å². The van der Waals surface area contributed by atoms with E-state index in [0.717, 1.165) is 22.6 Å². The van der Waals surface area contributed by atoms with Crippen LogP contribution in [0.3, 0.4) is 0 Å². The van der Waals surface area contributed by atoms with Gasteiger partial charge in [-0.15, -0.1) is 0 Å². The Morgan fingerprint density at radius 3 is 2.74 bits per heavy atom. The van der Waals surface area contributed by atoms with Crippen LogP contribution in [0.1, 0.15) is 42.6 Å². The number of hydrogen-bond acceptors (Lipinski definition) is 2. The molecule has 0 aliphatic heterocycles. The van der Waals surface area contributed by atoms with Gasteiger partial charge >= 0.3 is 0 Å². The van der Waals surface area contributed by atoms with Crippen molar-refractivity contribution in [2.75, 3.05) is 0 Å². The second-order valence-corrected chi connectivity index (χ2v) is 5.28. The first kappa shape index (κ1) is 15.0. The molecule has 0 amide bonds. The zero-order chi connectivity index (χ0) is 16.4. The van der Waals surface area contributed by atoms with Gasteiger partial charge in [0.05, 0.1) is 16.9 Å². The molecule has 116 valence electrons. The van der Waals surface area contributed by atoms with Crippen molar-refractivity contribution in [1.29, 1.82) is 0 Å². The summed E-state index contributed by atoms with van der Waals surface area (Å²) in [5.74, 6) is 0.910. The molecule has 0 unspecified atom stereocenters. The van der Waals surface area contributed by atoms with E-state index in [1.165, 1.54) is 0 Å². The van der Waals surface area contributed by atoms with Crippen LogP contribution in [-0.4, -0.2) is 19.7 Å². The summed E-state index contributed by atoms with van der Waals surface area (Å²) in [5, 5.41) is 0. The van der Waals surface area contributed by atoms with Crippen LogP contribution in [0.5, 0.6) is 0 Å². The van der Waals surface area contributed by atoms with Gasteiger partial charge in [0.1, 0.15) is 5.82 Å². The Balaban J connectivity index is 2.26. The van der Waals surface area contributed by atoms with Gasteiger partial charge < -0.3 is 4.40 Å². The number of carbonyl (C=O) groups excluding carboxylic acids is 1. The van der Waals surface area contributed by atoms with Gasteiger partial charge in [0.15, 0.2) is 5.78 Å². The second-order valence-electron chi connectivity index (χ2n) is 5.28. The summed E-state index contributed by atoms with van der Waals surface area (Å²) < 4.78 is 3.97. The van der Waals surface area contributed by atoms with Gasteiger partial charge in [-0.1, -0.05) is 18.2 Å². The summed E-state index contributed by atoms with van der Waals surface area (Å²) in [6.07, 6.45) is 11.6. The highest BCUT2D eigenvalue weighted by Crippen LogP contribution is 2.27. The molecule has 0 aliphatic rings. The van der Waals surface area contributed by atoms with Crippen LogP contribution in [0.25, 0.3) is 17.3 Å². The third kappa shape index (κ3) is 2.52. The van der Waals surface area contributed by atoms with E-state index in [0.29, 0.717) is 5.69 Å². The first-order valence-corrected chi connectivity index (χ1v) is 7.61. The third-order valence-electron chi connectivity index (χ3n) is 3.83. The molecule has 0 saturated carbocycles. The fourth-order valence-electron chi connectivity index (χ4n) is 2.84. The zero-order valence-electron chi connectivity index (χ0n) is 13.5. The van der Waals surface area contributed by atoms with Crippen molar-refractivity contribution in [2.45, 2.75) is 20.8 Å². The van der Waals surface area contributed by atoms with Crippen molar-refractivity contribution in [3.63, 3.8) is 0 Å². The van der Waals surface area contributed by atoms with Gasteiger partial charge in [-0.3, -0.25) is 9.36 Å². The molecule has 4 heteroatoms. The van der Waals surface area contributed by atoms with Crippen molar-refractivity contribution < 1.29 is 4.79 Å². The molecule has 0 saturated heterocycles. The monoisotopic (exact) mass is 305 g/mol. The number of nitrogens with zero attached hydrogens (tertiary/aromatic N) is 3. The van der Waals surface area contributed by atoms with Gasteiger partial charge in [-0.05, 0) is 38.1 Å². The zero-order valence-corrected chi connectivity index (χ0v) is 13.5. The minimum absolute atomic E-state index is 0.0483. The van der Waals surface area contributed by atoms with Crippen LogP contribution < -0.4 is 0 Å². The topological polar surface area (TPSA) is 39.3 Å². The highest BCUT2D eigenvalue weighted by molar-refractivity contribution is 5.96. The first-order valence-electron chi connectivity index (χ1n) is 7.61. The number of Topliss-reactive ketones (excluding diaryl/α,β-unsaturated/α-hetero) is 1. The van der Waals surface area contributed by atoms with Crippen LogP contribution in [0.15, 0.2) is 55.0 Å². The normalized spacial score (nSPS) is 12.4. The smallest absolute Gasteiger partial charge is 0.176 e. The van der Waals surface area contributed by atoms with E-state index in [4.69, 9.17) is 0 Å². The summed E-state index contributed by atoms with van der Waals surface area (Å²) >= 11 is 0. The van der Waals surface area contributed by atoms with Crippen molar-refractivity contribution in [3.8, 4) is 0 Å². The van der Waals surface area contributed by atoms with Crippen molar-refractivity contribution >= 4 is 23.1 Å². The third-order valence-corrected chi connectivity index (χ3v) is 3.83. The lowest BCUT2D eigenvalue weighted by molar-refractivity contribution is 0.101. The Hall–Kier alpha value is -2.88. The van der Waals surface area contributed by atoms with E-state index in [1.54, 1.807) is 13.1 Å². The summed E-state index contributed by atoms with van der Waals surface area (Å²) in [6.45, 7) is 5.56. The number of hydrogen-bond donors (Lipinski definition) is 0. The summed E-state index contributed by atoms with van der Waals surface area (Å²) in [4.78, 5) is 16.4. The summed E-state index contributed by atoms with van der Waals surface area (Å²) in [5.41, 5.74) is 3.71. The highest BCUT2D eigenvalue weighted by atomic mass is 16.1. The fourth-order valence-corrected chi connectivity index (χ4v) is 2.84. The van der Waals surface area contributed by atoms with Gasteiger partial charge in [0, 0.05) is 31.1 Å². The molecule has 0 bridgehead atoms. The first-order chi connectivity index (χ1) is 11.2. The van der Waals surface area contributed by atoms with E-state index in [-0.39, 0.29) is 5.78 Å². The second kappa shape index (κ2) is 6.08. The number of carbonyl (C=O) groups is 1. The number of rotatable bonds is 4. The van der Waals surface area contributed by atoms with Crippen LogP contribution in [-0.2, 0) is 0 Å². The standard InChI is InChI=1S/C19H19N3O/c1-4-8-19-20-10-12-22(19)16(5-2)15-13-18(14(3)23)21-11-7-6-9-17(15)21/h4-13H,1-3H3/b8-4-,16-5-. The molecule has 0 radical (unpaired) electrons. The number of allylic oxidation sites excluding steroid dienone is 2. The average Bonchev–Trinajstić information content (AvgIpc) is 3.15. The van der Waals surface area contributed by atoms with E-state index in [1.807, 2.05) is 77.7 Å². The molecule has 0 spiro atoms. The lowest BCUT2D eigenvalue weighted by Gasteiger charge is -2.10. The van der Waals surface area contributed by atoms with Crippen LogP contribution in [0.2, 0.25) is 0 Å². The SMILES string of the molecule is C/C=C\c1nccn1/C(=C\C)c1cc(C(C)=O)n2ccccc12. The summed E-state index contributed by atoms with van der Waals surface area (Å²) in [6, 6.07) is 7.89. The Kier molecular flexibility index (Phi) is 3.98. The van der Waals surface area contributed by atoms with Gasteiger partial charge in [0.2, 0.25) is 0 Å². The maximum atomic E-state index is 12.0. The summed E-state index contributed by atoms with van der Waals surface area (Å²) in [7, 11) is 0. The molecule has 3 aromatic rings. The molecule has 4 nitrogen and oxygen atoms in total. The number of ketones is 1. The molecule has 0 aromatic carbocycles. The number of pyridine rings is 1. The molecular formula is C19H19N3O. The van der Waals surface area contributed by atoms with Gasteiger partial charge in [-0.25, -0.2) is 4.98 Å². The molecule has 0 aliphatic carbocycles. The molecule has 3 aromatic heterocycles. The van der Waals surface area contributed by atoms with Crippen molar-refractivity contribution in [1.82, 2.24) is 14.0 Å². The van der Waals surface area contributed by atoms with Crippen molar-refractivity contribution in [3.05, 3.63) is 72.1 Å². The lowest BCUT2D eigenvalue weighted by Crippen LogP contribution is -2.00. The van der Waals surface area contributed by atoms with E-state index in [2.05, 4.69) is 4.98 Å². The maximum absolute atomic E-state index is 12.0. The van der Waals surface area contributed by atoms with Crippen LogP contribution >= 0.6 is 0 Å². The lowest BCUT2D eigenvalue weighted by atomic mass is 10.1. The molecule has 23 heavy (non-hydrogen) atoms. The molecule has 3 rings (SSSR count). The van der Waals surface area contributed by atoms with Crippen molar-refractivity contribution in [2.24, 2.45) is 0 Å².